The number of hydrogen-bond donors (Lipinski definition) is 0. The Morgan fingerprint density at radius 3 is 2.26 bits per heavy atom. The molecule has 1 atom stereocenters. The van der Waals surface area contributed by atoms with E-state index in [1.165, 1.54) is 5.57 Å². The van der Waals surface area contributed by atoms with Gasteiger partial charge in [-0.1, -0.05) is 18.1 Å². The van der Waals surface area contributed by atoms with Crippen molar-refractivity contribution in [1.82, 2.24) is 0 Å². The highest BCUT2D eigenvalue weighted by Gasteiger charge is 2.39. The maximum atomic E-state index is 12.1. The molecule has 0 heterocycles. The molecule has 108 valence electrons. The highest BCUT2D eigenvalue weighted by atomic mass is 16.6. The van der Waals surface area contributed by atoms with Crippen LogP contribution in [0.2, 0.25) is 0 Å². The number of carbonyl (C=O) groups is 2. The van der Waals surface area contributed by atoms with Crippen LogP contribution in [0.15, 0.2) is 11.6 Å². The molecule has 4 nitrogen and oxygen atoms in total. The van der Waals surface area contributed by atoms with Crippen molar-refractivity contribution in [3.05, 3.63) is 11.6 Å². The highest BCUT2D eigenvalue weighted by Crippen LogP contribution is 2.36. The molecule has 0 aromatic rings. The quantitative estimate of drug-likeness (QED) is 0.437. The zero-order valence-corrected chi connectivity index (χ0v) is 12.1. The van der Waals surface area contributed by atoms with Crippen molar-refractivity contribution in [2.24, 2.45) is 11.8 Å². The molecule has 1 rings (SSSR count). The van der Waals surface area contributed by atoms with Crippen LogP contribution >= 0.6 is 0 Å². The molecule has 4 heteroatoms. The molecular formula is C15H24O4. The fourth-order valence-electron chi connectivity index (χ4n) is 2.69. The van der Waals surface area contributed by atoms with Gasteiger partial charge in [0, 0.05) is 5.92 Å². The number of allylic oxidation sites excluding steroid dienone is 2. The number of hydrogen-bond acceptors (Lipinski definition) is 4. The van der Waals surface area contributed by atoms with Gasteiger partial charge in [0.1, 0.15) is 0 Å². The van der Waals surface area contributed by atoms with Gasteiger partial charge >= 0.3 is 11.9 Å². The van der Waals surface area contributed by atoms with E-state index in [-0.39, 0.29) is 19.1 Å². The van der Waals surface area contributed by atoms with Gasteiger partial charge in [-0.25, -0.2) is 0 Å². The molecule has 0 aromatic heterocycles. The number of carbonyl (C=O) groups excluding carboxylic acids is 2. The lowest BCUT2D eigenvalue weighted by Gasteiger charge is -2.30. The summed E-state index contributed by atoms with van der Waals surface area (Å²) < 4.78 is 10.1. The molecule has 19 heavy (non-hydrogen) atoms. The standard InChI is InChI=1S/C15H24O4/c1-4-11-9-7-8-10-12(11)13(14(16)18-5-2)15(17)19-6-3/h4,12-13H,5-10H2,1-3H3/b11-4+. The van der Waals surface area contributed by atoms with E-state index in [0.717, 1.165) is 25.7 Å². The second-order valence-corrected chi connectivity index (χ2v) is 4.70. The zero-order chi connectivity index (χ0) is 14.3. The third-order valence-electron chi connectivity index (χ3n) is 3.56. The van der Waals surface area contributed by atoms with E-state index in [4.69, 9.17) is 9.47 Å². The van der Waals surface area contributed by atoms with E-state index in [1.807, 2.05) is 13.0 Å². The van der Waals surface area contributed by atoms with Gasteiger partial charge < -0.3 is 9.47 Å². The summed E-state index contributed by atoms with van der Waals surface area (Å²) in [7, 11) is 0. The first kappa shape index (κ1) is 15.7. The van der Waals surface area contributed by atoms with Crippen LogP contribution in [0.3, 0.4) is 0 Å². The van der Waals surface area contributed by atoms with Crippen LogP contribution in [0.25, 0.3) is 0 Å². The zero-order valence-electron chi connectivity index (χ0n) is 12.1. The normalized spacial score (nSPS) is 21.5. The predicted octanol–water partition coefficient (Wildman–Crippen LogP) is 2.87. The lowest BCUT2D eigenvalue weighted by atomic mass is 9.76. The average Bonchev–Trinajstić information content (AvgIpc) is 2.40. The second-order valence-electron chi connectivity index (χ2n) is 4.70. The van der Waals surface area contributed by atoms with E-state index in [9.17, 15) is 9.59 Å². The Balaban J connectivity index is 2.93. The number of rotatable bonds is 5. The smallest absolute Gasteiger partial charge is 0.320 e. The van der Waals surface area contributed by atoms with Crippen molar-refractivity contribution in [3.8, 4) is 0 Å². The molecule has 1 aliphatic carbocycles. The van der Waals surface area contributed by atoms with Crippen LogP contribution in [-0.2, 0) is 19.1 Å². The van der Waals surface area contributed by atoms with E-state index in [0.29, 0.717) is 0 Å². The molecule has 0 spiro atoms. The Kier molecular flexibility index (Phi) is 6.60. The molecule has 1 unspecified atom stereocenters. The van der Waals surface area contributed by atoms with Gasteiger partial charge in [-0.3, -0.25) is 9.59 Å². The first-order chi connectivity index (χ1) is 9.15. The van der Waals surface area contributed by atoms with Crippen LogP contribution in [0, 0.1) is 11.8 Å². The van der Waals surface area contributed by atoms with Gasteiger partial charge in [0.25, 0.3) is 0 Å². The maximum Gasteiger partial charge on any atom is 0.320 e. The average molecular weight is 268 g/mol. The largest absolute Gasteiger partial charge is 0.465 e. The van der Waals surface area contributed by atoms with Crippen molar-refractivity contribution in [1.29, 1.82) is 0 Å². The molecule has 1 saturated carbocycles. The monoisotopic (exact) mass is 268 g/mol. The van der Waals surface area contributed by atoms with Gasteiger partial charge in [-0.15, -0.1) is 0 Å². The Morgan fingerprint density at radius 2 is 1.79 bits per heavy atom. The molecule has 1 aliphatic rings. The minimum Gasteiger partial charge on any atom is -0.465 e. The summed E-state index contributed by atoms with van der Waals surface area (Å²) in [5, 5.41) is 0. The van der Waals surface area contributed by atoms with Crippen molar-refractivity contribution < 1.29 is 19.1 Å². The van der Waals surface area contributed by atoms with Gasteiger partial charge in [-0.05, 0) is 40.0 Å². The van der Waals surface area contributed by atoms with E-state index in [2.05, 4.69) is 0 Å². The molecule has 0 aliphatic heterocycles. The molecule has 0 saturated heterocycles. The maximum absolute atomic E-state index is 12.1. The summed E-state index contributed by atoms with van der Waals surface area (Å²) in [4.78, 5) is 24.1. The van der Waals surface area contributed by atoms with Crippen molar-refractivity contribution >= 4 is 11.9 Å². The molecule has 0 aromatic carbocycles. The summed E-state index contributed by atoms with van der Waals surface area (Å²) >= 11 is 0. The molecule has 0 bridgehead atoms. The van der Waals surface area contributed by atoms with Crippen LogP contribution in [0.5, 0.6) is 0 Å². The topological polar surface area (TPSA) is 52.6 Å². The summed E-state index contributed by atoms with van der Waals surface area (Å²) in [6.07, 6.45) is 5.99. The molecule has 0 radical (unpaired) electrons. The summed E-state index contributed by atoms with van der Waals surface area (Å²) in [6, 6.07) is 0. The Bertz CT molecular complexity index is 328. The summed E-state index contributed by atoms with van der Waals surface area (Å²) in [6.45, 7) is 6.02. The molecular weight excluding hydrogens is 244 g/mol. The molecule has 0 N–H and O–H groups in total. The second kappa shape index (κ2) is 7.97. The van der Waals surface area contributed by atoms with Gasteiger partial charge in [0.15, 0.2) is 5.92 Å². The lowest BCUT2D eigenvalue weighted by molar-refractivity contribution is -0.164. The first-order valence-electron chi connectivity index (χ1n) is 7.14. The minimum absolute atomic E-state index is 0.0585. The van der Waals surface area contributed by atoms with Crippen LogP contribution < -0.4 is 0 Å². The predicted molar refractivity (Wildman–Crippen MR) is 72.5 cm³/mol. The third kappa shape index (κ3) is 4.08. The minimum atomic E-state index is -0.800. The first-order valence-corrected chi connectivity index (χ1v) is 7.14. The Morgan fingerprint density at radius 1 is 1.21 bits per heavy atom. The fraction of sp³-hybridized carbons (Fsp3) is 0.733. The van der Waals surface area contributed by atoms with Crippen molar-refractivity contribution in [2.75, 3.05) is 13.2 Å². The Hall–Kier alpha value is -1.32. The van der Waals surface area contributed by atoms with Gasteiger partial charge in [-0.2, -0.15) is 0 Å². The molecule has 0 amide bonds. The third-order valence-corrected chi connectivity index (χ3v) is 3.56. The van der Waals surface area contributed by atoms with Crippen LogP contribution in [0.1, 0.15) is 46.5 Å². The van der Waals surface area contributed by atoms with Crippen molar-refractivity contribution in [2.45, 2.75) is 46.5 Å². The number of ether oxygens (including phenoxy) is 2. The van der Waals surface area contributed by atoms with E-state index < -0.39 is 17.9 Å². The molecule has 1 fully saturated rings. The number of esters is 2. The highest BCUT2D eigenvalue weighted by molar-refractivity contribution is 5.95. The van der Waals surface area contributed by atoms with Crippen LogP contribution in [-0.4, -0.2) is 25.2 Å². The SMILES string of the molecule is C/C=C1\CCCCC1C(C(=O)OCC)C(=O)OCC. The van der Waals surface area contributed by atoms with E-state index >= 15 is 0 Å². The Labute approximate surface area is 115 Å². The van der Waals surface area contributed by atoms with E-state index in [1.54, 1.807) is 13.8 Å². The van der Waals surface area contributed by atoms with Crippen molar-refractivity contribution in [3.63, 3.8) is 0 Å². The summed E-state index contributed by atoms with van der Waals surface area (Å²) in [5.74, 6) is -1.76. The van der Waals surface area contributed by atoms with Crippen LogP contribution in [0.4, 0.5) is 0 Å². The lowest BCUT2D eigenvalue weighted by Crippen LogP contribution is -2.36. The van der Waals surface area contributed by atoms with Gasteiger partial charge in [0.05, 0.1) is 13.2 Å². The summed E-state index contributed by atoms with van der Waals surface area (Å²) in [5.41, 5.74) is 1.18. The fourth-order valence-corrected chi connectivity index (χ4v) is 2.69. The van der Waals surface area contributed by atoms with Gasteiger partial charge in [0.2, 0.25) is 0 Å².